The van der Waals surface area contributed by atoms with Crippen molar-refractivity contribution >= 4 is 0 Å². The summed E-state index contributed by atoms with van der Waals surface area (Å²) in [6.45, 7) is 4.60. The minimum Gasteiger partial charge on any atom is -0.198 e. The van der Waals surface area contributed by atoms with Crippen LogP contribution in [0.25, 0.3) is 0 Å². The average molecular weight is 330 g/mol. The Kier molecular flexibility index (Phi) is 6.28. The Morgan fingerprint density at radius 1 is 0.792 bits per heavy atom. The lowest BCUT2D eigenvalue weighted by atomic mass is 9.61. The van der Waals surface area contributed by atoms with Gasteiger partial charge in [-0.3, -0.25) is 0 Å². The van der Waals surface area contributed by atoms with E-state index < -0.39 is 0 Å². The van der Waals surface area contributed by atoms with Crippen LogP contribution in [-0.4, -0.2) is 0 Å². The highest BCUT2D eigenvalue weighted by Gasteiger charge is 2.39. The Morgan fingerprint density at radius 3 is 1.83 bits per heavy atom. The van der Waals surface area contributed by atoms with Crippen LogP contribution in [0.2, 0.25) is 0 Å². The van der Waals surface area contributed by atoms with Gasteiger partial charge in [-0.2, -0.15) is 5.26 Å². The van der Waals surface area contributed by atoms with Crippen LogP contribution in [0.1, 0.15) is 104 Å². The van der Waals surface area contributed by atoms with Crippen molar-refractivity contribution in [1.82, 2.24) is 0 Å². The molecular weight excluding hydrogens is 290 g/mol. The molecule has 0 N–H and O–H groups in total. The van der Waals surface area contributed by atoms with Crippen LogP contribution < -0.4 is 0 Å². The molecule has 0 heterocycles. The van der Waals surface area contributed by atoms with Crippen molar-refractivity contribution in [3.8, 4) is 6.07 Å². The molecule has 3 saturated carbocycles. The summed E-state index contributed by atoms with van der Waals surface area (Å²) in [7, 11) is 0. The first-order valence-electron chi connectivity index (χ1n) is 11.1. The van der Waals surface area contributed by atoms with Crippen LogP contribution in [0.5, 0.6) is 0 Å². The molecule has 3 aliphatic rings. The molecule has 0 amide bonds. The normalized spacial score (nSPS) is 44.0. The molecule has 2 atom stereocenters. The first kappa shape index (κ1) is 18.3. The zero-order chi connectivity index (χ0) is 17.0. The molecule has 0 bridgehead atoms. The summed E-state index contributed by atoms with van der Waals surface area (Å²) in [6, 6.07) is 2.71. The average Bonchev–Trinajstić information content (AvgIpc) is 2.68. The summed E-state index contributed by atoms with van der Waals surface area (Å²) in [5, 5.41) is 9.66. The van der Waals surface area contributed by atoms with E-state index in [1.54, 1.807) is 0 Å². The van der Waals surface area contributed by atoms with Gasteiger partial charge in [-0.05, 0) is 87.4 Å². The smallest absolute Gasteiger partial charge is 0.0689 e. The summed E-state index contributed by atoms with van der Waals surface area (Å²) >= 11 is 0. The first-order chi connectivity index (χ1) is 11.7. The van der Waals surface area contributed by atoms with Crippen molar-refractivity contribution in [2.45, 2.75) is 104 Å². The molecule has 3 aliphatic carbocycles. The number of hydrogen-bond acceptors (Lipinski definition) is 1. The summed E-state index contributed by atoms with van der Waals surface area (Å²) in [5.74, 6) is 4.92. The third-order valence-corrected chi connectivity index (χ3v) is 8.42. The number of hydrogen-bond donors (Lipinski definition) is 0. The molecule has 0 aromatic carbocycles. The maximum absolute atomic E-state index is 9.66. The van der Waals surface area contributed by atoms with Crippen LogP contribution in [0.3, 0.4) is 0 Å². The predicted molar refractivity (Wildman–Crippen MR) is 101 cm³/mol. The summed E-state index contributed by atoms with van der Waals surface area (Å²) in [5.41, 5.74) is 0.0261. The van der Waals surface area contributed by atoms with Crippen molar-refractivity contribution in [2.24, 2.45) is 35.0 Å². The van der Waals surface area contributed by atoms with Gasteiger partial charge >= 0.3 is 0 Å². The van der Waals surface area contributed by atoms with Crippen molar-refractivity contribution in [1.29, 1.82) is 5.26 Å². The van der Waals surface area contributed by atoms with Crippen molar-refractivity contribution < 1.29 is 0 Å². The number of nitriles is 1. The lowest BCUT2D eigenvalue weighted by Gasteiger charge is -2.43. The summed E-state index contributed by atoms with van der Waals surface area (Å²) in [6.07, 6.45) is 19.5. The van der Waals surface area contributed by atoms with Gasteiger partial charge in [0, 0.05) is 0 Å². The Labute approximate surface area is 150 Å². The maximum atomic E-state index is 9.66. The molecule has 0 spiro atoms. The summed E-state index contributed by atoms with van der Waals surface area (Å²) < 4.78 is 0. The highest BCUT2D eigenvalue weighted by Crippen LogP contribution is 2.49. The molecule has 1 heteroatoms. The molecule has 0 aliphatic heterocycles. The molecule has 0 radical (unpaired) electrons. The quantitative estimate of drug-likeness (QED) is 0.538. The zero-order valence-electron chi connectivity index (χ0n) is 16.2. The first-order valence-corrected chi connectivity index (χ1v) is 11.1. The summed E-state index contributed by atoms with van der Waals surface area (Å²) in [4.78, 5) is 0. The highest BCUT2D eigenvalue weighted by molar-refractivity contribution is 5.02. The molecular formula is C23H39N. The minimum atomic E-state index is 0.0261. The third kappa shape index (κ3) is 4.00. The van der Waals surface area contributed by atoms with Crippen molar-refractivity contribution in [2.75, 3.05) is 0 Å². The van der Waals surface area contributed by atoms with Gasteiger partial charge in [-0.1, -0.05) is 46.0 Å². The largest absolute Gasteiger partial charge is 0.198 e. The van der Waals surface area contributed by atoms with Gasteiger partial charge in [0.2, 0.25) is 0 Å². The fourth-order valence-electron chi connectivity index (χ4n) is 6.47. The second-order valence-corrected chi connectivity index (χ2v) is 9.47. The molecule has 136 valence electrons. The Bertz CT molecular complexity index is 420. The molecule has 0 saturated heterocycles. The van der Waals surface area contributed by atoms with E-state index in [2.05, 4.69) is 19.9 Å². The molecule has 2 unspecified atom stereocenters. The maximum Gasteiger partial charge on any atom is 0.0689 e. The van der Waals surface area contributed by atoms with E-state index in [1.807, 2.05) is 0 Å². The van der Waals surface area contributed by atoms with E-state index in [1.165, 1.54) is 77.0 Å². The van der Waals surface area contributed by atoms with Gasteiger partial charge in [0.1, 0.15) is 0 Å². The van der Waals surface area contributed by atoms with Gasteiger partial charge in [0.05, 0.1) is 11.5 Å². The lowest BCUT2D eigenvalue weighted by Crippen LogP contribution is -2.33. The van der Waals surface area contributed by atoms with E-state index in [0.717, 1.165) is 42.4 Å². The molecule has 3 fully saturated rings. The standard InChI is InChI=1S/C23H39N/c1-3-18-7-9-19(10-8-18)20-11-13-21(14-12-20)22-6-5-15-23(4-2,16-22)17-24/h18-22H,3-16H2,1-2H3/t18-,19-,20?,21?,22?,23?. The molecule has 0 aromatic rings. The predicted octanol–water partition coefficient (Wildman–Crippen LogP) is 7.12. The Morgan fingerprint density at radius 2 is 1.33 bits per heavy atom. The van der Waals surface area contributed by atoms with Crippen LogP contribution in [0, 0.1) is 46.3 Å². The Hall–Kier alpha value is -0.510. The minimum absolute atomic E-state index is 0.0261. The molecule has 1 nitrogen and oxygen atoms in total. The van der Waals surface area contributed by atoms with Gasteiger partial charge in [0.25, 0.3) is 0 Å². The van der Waals surface area contributed by atoms with Crippen molar-refractivity contribution in [3.63, 3.8) is 0 Å². The topological polar surface area (TPSA) is 23.8 Å². The number of nitrogens with zero attached hydrogens (tertiary/aromatic N) is 1. The van der Waals surface area contributed by atoms with Gasteiger partial charge in [-0.25, -0.2) is 0 Å². The van der Waals surface area contributed by atoms with Crippen LogP contribution in [-0.2, 0) is 0 Å². The SMILES string of the molecule is CCC1(C#N)CCCC(C2CCC([C@H]3CC[C@H](CC)CC3)CC2)C1. The monoisotopic (exact) mass is 329 g/mol. The third-order valence-electron chi connectivity index (χ3n) is 8.42. The van der Waals surface area contributed by atoms with Gasteiger partial charge < -0.3 is 0 Å². The molecule has 0 aromatic heterocycles. The fraction of sp³-hybridized carbons (Fsp3) is 0.957. The van der Waals surface area contributed by atoms with E-state index in [9.17, 15) is 5.26 Å². The second-order valence-electron chi connectivity index (χ2n) is 9.47. The van der Waals surface area contributed by atoms with Gasteiger partial charge in [0.15, 0.2) is 0 Å². The van der Waals surface area contributed by atoms with E-state index >= 15 is 0 Å². The molecule has 24 heavy (non-hydrogen) atoms. The highest BCUT2D eigenvalue weighted by atomic mass is 14.5. The van der Waals surface area contributed by atoms with Crippen LogP contribution in [0.15, 0.2) is 0 Å². The zero-order valence-corrected chi connectivity index (χ0v) is 16.2. The van der Waals surface area contributed by atoms with E-state index in [4.69, 9.17) is 0 Å². The lowest BCUT2D eigenvalue weighted by molar-refractivity contribution is 0.0843. The van der Waals surface area contributed by atoms with E-state index in [0.29, 0.717) is 0 Å². The second kappa shape index (κ2) is 8.25. The van der Waals surface area contributed by atoms with E-state index in [-0.39, 0.29) is 5.41 Å². The van der Waals surface area contributed by atoms with Crippen molar-refractivity contribution in [3.05, 3.63) is 0 Å². The van der Waals surface area contributed by atoms with Crippen LogP contribution in [0.4, 0.5) is 0 Å². The van der Waals surface area contributed by atoms with Gasteiger partial charge in [-0.15, -0.1) is 0 Å². The Balaban J connectivity index is 1.48. The molecule has 3 rings (SSSR count). The van der Waals surface area contributed by atoms with Crippen LogP contribution >= 0.6 is 0 Å². The number of rotatable bonds is 4. The fourth-order valence-corrected chi connectivity index (χ4v) is 6.47.